The maximum atomic E-state index is 12.3. The lowest BCUT2D eigenvalue weighted by molar-refractivity contribution is -0.111. The first-order valence-corrected chi connectivity index (χ1v) is 8.30. The minimum absolute atomic E-state index is 0.0282. The van der Waals surface area contributed by atoms with Crippen molar-refractivity contribution in [1.82, 2.24) is 9.62 Å². The second kappa shape index (κ2) is 6.52. The van der Waals surface area contributed by atoms with Crippen molar-refractivity contribution in [3.8, 4) is 0 Å². The maximum Gasteiger partial charge on any atom is 0.216 e. The van der Waals surface area contributed by atoms with Gasteiger partial charge in [0.15, 0.2) is 0 Å². The third-order valence-electron chi connectivity index (χ3n) is 3.73. The Kier molecular flexibility index (Phi) is 5.59. The van der Waals surface area contributed by atoms with Crippen LogP contribution in [-0.4, -0.2) is 43.5 Å². The van der Waals surface area contributed by atoms with Gasteiger partial charge in [-0.2, -0.15) is 0 Å². The summed E-state index contributed by atoms with van der Waals surface area (Å²) in [6, 6.07) is 0. The number of amides is 1. The summed E-state index contributed by atoms with van der Waals surface area (Å²) in [5.41, 5.74) is -0.554. The lowest BCUT2D eigenvalue weighted by Gasteiger charge is -2.37. The molecule has 0 spiro atoms. The first-order valence-electron chi connectivity index (χ1n) is 6.69. The summed E-state index contributed by atoms with van der Waals surface area (Å²) < 4.78 is 26.1. The third-order valence-corrected chi connectivity index (χ3v) is 5.95. The van der Waals surface area contributed by atoms with Crippen LogP contribution in [0.3, 0.4) is 0 Å². The zero-order valence-corrected chi connectivity index (χ0v) is 12.1. The Balaban J connectivity index is 2.85. The summed E-state index contributed by atoms with van der Waals surface area (Å²) in [4.78, 5) is 10.8. The molecule has 0 saturated heterocycles. The lowest BCUT2D eigenvalue weighted by atomic mass is 9.83. The molecule has 1 saturated carbocycles. The minimum atomic E-state index is -3.29. The lowest BCUT2D eigenvalue weighted by Crippen LogP contribution is -2.53. The van der Waals surface area contributed by atoms with Crippen molar-refractivity contribution < 1.29 is 13.2 Å². The van der Waals surface area contributed by atoms with Crippen molar-refractivity contribution in [2.45, 2.75) is 51.5 Å². The van der Waals surface area contributed by atoms with Gasteiger partial charge in [-0.15, -0.1) is 0 Å². The normalized spacial score (nSPS) is 19.7. The van der Waals surface area contributed by atoms with Gasteiger partial charge < -0.3 is 5.32 Å². The standard InChI is InChI=1S/C12H24N2O3S/c1-3-14(4-2)18(16,17)10-12(13-11-15)8-6-5-7-9-12/h11H,3-10H2,1-2H3,(H,13,15). The molecule has 0 aromatic carbocycles. The molecule has 1 aliphatic carbocycles. The highest BCUT2D eigenvalue weighted by atomic mass is 32.2. The summed E-state index contributed by atoms with van der Waals surface area (Å²) >= 11 is 0. The molecule has 18 heavy (non-hydrogen) atoms. The molecule has 1 fully saturated rings. The number of hydrogen-bond donors (Lipinski definition) is 1. The summed E-state index contributed by atoms with van der Waals surface area (Å²) in [6.07, 6.45) is 5.23. The Labute approximate surface area is 110 Å². The molecule has 0 unspecified atom stereocenters. The quantitative estimate of drug-likeness (QED) is 0.708. The van der Waals surface area contributed by atoms with E-state index in [9.17, 15) is 13.2 Å². The van der Waals surface area contributed by atoms with E-state index in [0.29, 0.717) is 19.5 Å². The second-order valence-corrected chi connectivity index (χ2v) is 6.91. The summed E-state index contributed by atoms with van der Waals surface area (Å²) in [7, 11) is -3.29. The smallest absolute Gasteiger partial charge is 0.216 e. The Morgan fingerprint density at radius 3 is 2.17 bits per heavy atom. The molecule has 0 aromatic heterocycles. The van der Waals surface area contributed by atoms with E-state index >= 15 is 0 Å². The Morgan fingerprint density at radius 1 is 1.17 bits per heavy atom. The van der Waals surface area contributed by atoms with Crippen molar-refractivity contribution in [3.05, 3.63) is 0 Å². The van der Waals surface area contributed by atoms with Crippen LogP contribution in [0.15, 0.2) is 0 Å². The molecule has 1 N–H and O–H groups in total. The van der Waals surface area contributed by atoms with Gasteiger partial charge >= 0.3 is 0 Å². The predicted octanol–water partition coefficient (Wildman–Crippen LogP) is 1.11. The number of hydrogen-bond acceptors (Lipinski definition) is 3. The average Bonchev–Trinajstić information content (AvgIpc) is 2.30. The molecule has 5 nitrogen and oxygen atoms in total. The highest BCUT2D eigenvalue weighted by Gasteiger charge is 2.37. The number of carbonyl (C=O) groups excluding carboxylic acids is 1. The molecule has 0 aromatic rings. The predicted molar refractivity (Wildman–Crippen MR) is 71.7 cm³/mol. The van der Waals surface area contributed by atoms with Gasteiger partial charge in [0.25, 0.3) is 0 Å². The molecule has 0 atom stereocenters. The van der Waals surface area contributed by atoms with E-state index in [1.807, 2.05) is 13.8 Å². The highest BCUT2D eigenvalue weighted by Crippen LogP contribution is 2.30. The van der Waals surface area contributed by atoms with Crippen LogP contribution >= 0.6 is 0 Å². The van der Waals surface area contributed by atoms with Crippen molar-refractivity contribution >= 4 is 16.4 Å². The van der Waals surface area contributed by atoms with E-state index < -0.39 is 15.6 Å². The van der Waals surface area contributed by atoms with Crippen LogP contribution in [0.2, 0.25) is 0 Å². The minimum Gasteiger partial charge on any atom is -0.352 e. The SMILES string of the molecule is CCN(CC)S(=O)(=O)CC1(NC=O)CCCCC1. The second-order valence-electron chi connectivity index (χ2n) is 4.94. The Morgan fingerprint density at radius 2 is 1.72 bits per heavy atom. The van der Waals surface area contributed by atoms with Crippen LogP contribution in [0.4, 0.5) is 0 Å². The van der Waals surface area contributed by atoms with Gasteiger partial charge in [-0.25, -0.2) is 12.7 Å². The van der Waals surface area contributed by atoms with Crippen molar-refractivity contribution in [3.63, 3.8) is 0 Å². The fourth-order valence-corrected chi connectivity index (χ4v) is 4.78. The van der Waals surface area contributed by atoms with E-state index in [1.54, 1.807) is 0 Å². The number of rotatable bonds is 7. The van der Waals surface area contributed by atoms with Gasteiger partial charge in [0.05, 0.1) is 11.3 Å². The van der Waals surface area contributed by atoms with Crippen LogP contribution in [-0.2, 0) is 14.8 Å². The third kappa shape index (κ3) is 3.68. The maximum absolute atomic E-state index is 12.3. The first kappa shape index (κ1) is 15.4. The molecular weight excluding hydrogens is 252 g/mol. The molecule has 0 heterocycles. The van der Waals surface area contributed by atoms with Crippen molar-refractivity contribution in [2.75, 3.05) is 18.8 Å². The topological polar surface area (TPSA) is 66.5 Å². The zero-order valence-electron chi connectivity index (χ0n) is 11.3. The largest absolute Gasteiger partial charge is 0.352 e. The van der Waals surface area contributed by atoms with E-state index in [1.165, 1.54) is 4.31 Å². The summed E-state index contributed by atoms with van der Waals surface area (Å²) in [5, 5.41) is 2.77. The number of sulfonamides is 1. The fourth-order valence-electron chi connectivity index (χ4n) is 2.74. The van der Waals surface area contributed by atoms with Gasteiger partial charge in [-0.1, -0.05) is 33.1 Å². The molecule has 1 amide bonds. The molecule has 6 heteroatoms. The van der Waals surface area contributed by atoms with Crippen LogP contribution in [0.1, 0.15) is 46.0 Å². The van der Waals surface area contributed by atoms with Gasteiger partial charge in [-0.05, 0) is 12.8 Å². The average molecular weight is 276 g/mol. The van der Waals surface area contributed by atoms with E-state index in [4.69, 9.17) is 0 Å². The summed E-state index contributed by atoms with van der Waals surface area (Å²) in [5.74, 6) is 0.0282. The van der Waals surface area contributed by atoms with Crippen LogP contribution in [0.25, 0.3) is 0 Å². The van der Waals surface area contributed by atoms with Crippen molar-refractivity contribution in [1.29, 1.82) is 0 Å². The molecule has 0 bridgehead atoms. The fraction of sp³-hybridized carbons (Fsp3) is 0.917. The number of nitrogens with one attached hydrogen (secondary N) is 1. The van der Waals surface area contributed by atoms with E-state index in [0.717, 1.165) is 32.1 Å². The van der Waals surface area contributed by atoms with Crippen LogP contribution in [0.5, 0.6) is 0 Å². The van der Waals surface area contributed by atoms with Gasteiger partial charge in [0.1, 0.15) is 0 Å². The Hall–Kier alpha value is -0.620. The Bertz CT molecular complexity index is 358. The zero-order chi connectivity index (χ0) is 13.6. The van der Waals surface area contributed by atoms with Crippen LogP contribution < -0.4 is 5.32 Å². The van der Waals surface area contributed by atoms with E-state index in [2.05, 4.69) is 5.32 Å². The first-order chi connectivity index (χ1) is 8.49. The number of nitrogens with zero attached hydrogens (tertiary/aromatic N) is 1. The molecule has 0 aliphatic heterocycles. The molecule has 106 valence electrons. The highest BCUT2D eigenvalue weighted by molar-refractivity contribution is 7.89. The molecule has 0 radical (unpaired) electrons. The monoisotopic (exact) mass is 276 g/mol. The van der Waals surface area contributed by atoms with Gasteiger partial charge in [0, 0.05) is 13.1 Å². The van der Waals surface area contributed by atoms with E-state index in [-0.39, 0.29) is 5.75 Å². The number of carbonyl (C=O) groups is 1. The molecule has 1 aliphatic rings. The van der Waals surface area contributed by atoms with Crippen LogP contribution in [0, 0.1) is 0 Å². The van der Waals surface area contributed by atoms with Crippen molar-refractivity contribution in [2.24, 2.45) is 0 Å². The summed E-state index contributed by atoms with van der Waals surface area (Å²) in [6.45, 7) is 4.63. The molecule has 1 rings (SSSR count). The van der Waals surface area contributed by atoms with Gasteiger partial charge in [-0.3, -0.25) is 4.79 Å². The van der Waals surface area contributed by atoms with Gasteiger partial charge in [0.2, 0.25) is 16.4 Å². The molecular formula is C12H24N2O3S.